The molecular formula is C12H18N5+. The van der Waals surface area contributed by atoms with Crippen molar-refractivity contribution in [1.82, 2.24) is 14.9 Å². The molecule has 0 spiro atoms. The highest BCUT2D eigenvalue weighted by molar-refractivity contribution is 5.83. The van der Waals surface area contributed by atoms with Crippen LogP contribution in [-0.4, -0.2) is 48.1 Å². The summed E-state index contributed by atoms with van der Waals surface area (Å²) in [4.78, 5) is 12.6. The molecule has 0 saturated carbocycles. The maximum absolute atomic E-state index is 4.53. The first-order valence-corrected chi connectivity index (χ1v) is 6.01. The number of nitrogens with zero attached hydrogens (tertiary/aromatic N) is 4. The van der Waals surface area contributed by atoms with Gasteiger partial charge >= 0.3 is 0 Å². The number of likely N-dealkylation sites (N-methyl/N-ethyl adjacent to an activating group) is 1. The van der Waals surface area contributed by atoms with Gasteiger partial charge in [0.25, 0.3) is 0 Å². The first-order chi connectivity index (χ1) is 8.25. The molecule has 0 unspecified atom stereocenters. The van der Waals surface area contributed by atoms with Crippen molar-refractivity contribution in [3.63, 3.8) is 0 Å². The number of nitrogens with one attached hydrogen (secondary N) is 1. The lowest BCUT2D eigenvalue weighted by Crippen LogP contribution is -2.45. The van der Waals surface area contributed by atoms with E-state index in [4.69, 9.17) is 0 Å². The third-order valence-corrected chi connectivity index (χ3v) is 3.49. The molecule has 2 aromatic rings. The zero-order valence-electron chi connectivity index (χ0n) is 10.3. The van der Waals surface area contributed by atoms with E-state index in [1.165, 1.54) is 5.52 Å². The molecule has 3 rings (SSSR count). The Morgan fingerprint density at radius 3 is 2.82 bits per heavy atom. The van der Waals surface area contributed by atoms with Crippen molar-refractivity contribution in [1.29, 1.82) is 0 Å². The number of hydrogen-bond donors (Lipinski definition) is 1. The van der Waals surface area contributed by atoms with Gasteiger partial charge in [-0.25, -0.2) is 14.5 Å². The maximum Gasteiger partial charge on any atom is 0.242 e. The molecule has 17 heavy (non-hydrogen) atoms. The Hall–Kier alpha value is -1.62. The summed E-state index contributed by atoms with van der Waals surface area (Å²) >= 11 is 0. The molecule has 1 aliphatic rings. The van der Waals surface area contributed by atoms with Crippen LogP contribution in [-0.2, 0) is 7.05 Å². The molecular weight excluding hydrogens is 214 g/mol. The minimum Gasteiger partial charge on any atom is -0.350 e. The zero-order chi connectivity index (χ0) is 11.8. The van der Waals surface area contributed by atoms with Gasteiger partial charge in [0.2, 0.25) is 11.8 Å². The predicted molar refractivity (Wildman–Crippen MR) is 67.0 cm³/mol. The third-order valence-electron chi connectivity index (χ3n) is 3.49. The molecule has 1 saturated heterocycles. The van der Waals surface area contributed by atoms with Gasteiger partial charge in [-0.2, -0.15) is 0 Å². The van der Waals surface area contributed by atoms with Crippen molar-refractivity contribution in [2.75, 3.05) is 38.1 Å². The summed E-state index contributed by atoms with van der Waals surface area (Å²) in [7, 11) is 4.21. The molecule has 1 fully saturated rings. The molecule has 0 bridgehead atoms. The SMILES string of the molecule is CN1CCN(c2nccc3c2[nH]c[n+]3C)CC1. The van der Waals surface area contributed by atoms with Crippen molar-refractivity contribution in [3.05, 3.63) is 18.6 Å². The monoisotopic (exact) mass is 232 g/mol. The number of imidazole rings is 1. The summed E-state index contributed by atoms with van der Waals surface area (Å²) in [5, 5.41) is 0. The van der Waals surface area contributed by atoms with E-state index >= 15 is 0 Å². The number of rotatable bonds is 1. The van der Waals surface area contributed by atoms with Crippen molar-refractivity contribution in [3.8, 4) is 0 Å². The maximum atomic E-state index is 4.53. The molecule has 2 aromatic heterocycles. The van der Waals surface area contributed by atoms with Gasteiger partial charge in [0, 0.05) is 38.4 Å². The lowest BCUT2D eigenvalue weighted by atomic mass is 10.3. The summed E-state index contributed by atoms with van der Waals surface area (Å²) < 4.78 is 2.09. The van der Waals surface area contributed by atoms with Gasteiger partial charge in [0.05, 0.1) is 7.05 Å². The van der Waals surface area contributed by atoms with Crippen molar-refractivity contribution in [2.24, 2.45) is 7.05 Å². The van der Waals surface area contributed by atoms with Crippen LogP contribution >= 0.6 is 0 Å². The van der Waals surface area contributed by atoms with E-state index in [1.807, 2.05) is 25.6 Å². The van der Waals surface area contributed by atoms with E-state index in [2.05, 4.69) is 31.4 Å². The van der Waals surface area contributed by atoms with Crippen LogP contribution in [0.4, 0.5) is 5.82 Å². The zero-order valence-corrected chi connectivity index (χ0v) is 10.3. The largest absolute Gasteiger partial charge is 0.350 e. The molecule has 1 aliphatic heterocycles. The number of anilines is 1. The third kappa shape index (κ3) is 1.76. The van der Waals surface area contributed by atoms with Crippen LogP contribution in [0.2, 0.25) is 0 Å². The van der Waals surface area contributed by atoms with E-state index in [0.29, 0.717) is 0 Å². The van der Waals surface area contributed by atoms with Crippen LogP contribution in [0.25, 0.3) is 11.0 Å². The average molecular weight is 232 g/mol. The van der Waals surface area contributed by atoms with Crippen LogP contribution in [0, 0.1) is 0 Å². The molecule has 0 aliphatic carbocycles. The number of hydrogen-bond acceptors (Lipinski definition) is 3. The van der Waals surface area contributed by atoms with Crippen LogP contribution < -0.4 is 9.47 Å². The Kier molecular flexibility index (Phi) is 2.48. The van der Waals surface area contributed by atoms with E-state index in [1.54, 1.807) is 0 Å². The summed E-state index contributed by atoms with van der Waals surface area (Å²) in [6.07, 6.45) is 3.87. The molecule has 90 valence electrons. The first-order valence-electron chi connectivity index (χ1n) is 6.01. The molecule has 0 atom stereocenters. The second-order valence-electron chi connectivity index (χ2n) is 4.70. The molecule has 1 N–H and O–H groups in total. The standard InChI is InChI=1S/C12H17N5/c1-15-5-7-17(8-6-15)12-11-10(3-4-13-12)16(2)9-14-11/h3-4,9H,5-8H2,1-2H3/p+1. The number of aromatic amines is 1. The first kappa shape index (κ1) is 10.5. The smallest absolute Gasteiger partial charge is 0.242 e. The highest BCUT2D eigenvalue weighted by Gasteiger charge is 2.20. The van der Waals surface area contributed by atoms with E-state index in [-0.39, 0.29) is 0 Å². The number of fused-ring (bicyclic) bond motifs is 1. The molecule has 5 heteroatoms. The second kappa shape index (κ2) is 4.00. The van der Waals surface area contributed by atoms with Gasteiger partial charge in [-0.15, -0.1) is 0 Å². The van der Waals surface area contributed by atoms with Crippen molar-refractivity contribution < 1.29 is 4.57 Å². The minimum absolute atomic E-state index is 1.05. The van der Waals surface area contributed by atoms with Gasteiger partial charge < -0.3 is 9.80 Å². The fourth-order valence-corrected chi connectivity index (χ4v) is 2.36. The van der Waals surface area contributed by atoms with E-state index in [9.17, 15) is 0 Å². The number of aryl methyl sites for hydroxylation is 1. The highest BCUT2D eigenvalue weighted by Crippen LogP contribution is 2.21. The Morgan fingerprint density at radius 2 is 2.06 bits per heavy atom. The predicted octanol–water partition coefficient (Wildman–Crippen LogP) is 0.139. The fraction of sp³-hybridized carbons (Fsp3) is 0.500. The summed E-state index contributed by atoms with van der Waals surface area (Å²) in [5.41, 5.74) is 2.34. The molecule has 0 aromatic carbocycles. The number of aromatic nitrogens is 3. The quantitative estimate of drug-likeness (QED) is 0.711. The van der Waals surface area contributed by atoms with Crippen molar-refractivity contribution >= 4 is 16.9 Å². The van der Waals surface area contributed by atoms with Crippen LogP contribution in [0.1, 0.15) is 0 Å². The van der Waals surface area contributed by atoms with Crippen LogP contribution in [0.15, 0.2) is 18.6 Å². The summed E-state index contributed by atoms with van der Waals surface area (Å²) in [6, 6.07) is 2.05. The number of pyridine rings is 1. The highest BCUT2D eigenvalue weighted by atomic mass is 15.3. The Labute approximate surface area is 101 Å². The minimum atomic E-state index is 1.05. The summed E-state index contributed by atoms with van der Waals surface area (Å²) in [6.45, 7) is 4.30. The van der Waals surface area contributed by atoms with Crippen molar-refractivity contribution in [2.45, 2.75) is 0 Å². The molecule has 3 heterocycles. The molecule has 5 nitrogen and oxygen atoms in total. The van der Waals surface area contributed by atoms with Gasteiger partial charge in [-0.1, -0.05) is 0 Å². The normalized spacial score (nSPS) is 17.9. The van der Waals surface area contributed by atoms with Crippen LogP contribution in [0.3, 0.4) is 0 Å². The second-order valence-corrected chi connectivity index (χ2v) is 4.70. The van der Waals surface area contributed by atoms with Gasteiger partial charge in [-0.3, -0.25) is 0 Å². The van der Waals surface area contributed by atoms with E-state index < -0.39 is 0 Å². The lowest BCUT2D eigenvalue weighted by Gasteiger charge is -2.32. The topological polar surface area (TPSA) is 39.0 Å². The molecule has 0 radical (unpaired) electrons. The number of piperazine rings is 1. The average Bonchev–Trinajstić information content (AvgIpc) is 2.73. The van der Waals surface area contributed by atoms with Gasteiger partial charge in [-0.05, 0) is 7.05 Å². The Balaban J connectivity index is 2.00. The number of H-pyrrole nitrogens is 1. The fourth-order valence-electron chi connectivity index (χ4n) is 2.36. The van der Waals surface area contributed by atoms with Crippen LogP contribution in [0.5, 0.6) is 0 Å². The summed E-state index contributed by atoms with van der Waals surface area (Å²) in [5.74, 6) is 1.08. The van der Waals surface area contributed by atoms with Gasteiger partial charge in [0.15, 0.2) is 11.3 Å². The Morgan fingerprint density at radius 1 is 1.29 bits per heavy atom. The van der Waals surface area contributed by atoms with Gasteiger partial charge in [0.1, 0.15) is 0 Å². The molecule has 0 amide bonds. The van der Waals surface area contributed by atoms with E-state index in [0.717, 1.165) is 37.5 Å². The Bertz CT molecular complexity index is 525. The lowest BCUT2D eigenvalue weighted by molar-refractivity contribution is -0.644.